The Kier molecular flexibility index (Phi) is 4.03. The third-order valence-corrected chi connectivity index (χ3v) is 3.81. The molecular weight excluding hydrogens is 262 g/mol. The van der Waals surface area contributed by atoms with Crippen molar-refractivity contribution in [3.05, 3.63) is 54.1 Å². The fourth-order valence-electron chi connectivity index (χ4n) is 2.47. The maximum atomic E-state index is 11.6. The number of anilines is 1. The van der Waals surface area contributed by atoms with Gasteiger partial charge in [0.25, 0.3) is 0 Å². The molecule has 110 valence electrons. The summed E-state index contributed by atoms with van der Waals surface area (Å²) in [6, 6.07) is 15.8. The highest BCUT2D eigenvalue weighted by molar-refractivity contribution is 5.87. The van der Waals surface area contributed by atoms with Crippen LogP contribution in [0.4, 0.5) is 5.69 Å². The number of carbonyl (C=O) groups is 1. The summed E-state index contributed by atoms with van der Waals surface area (Å²) in [6.45, 7) is 3.48. The lowest BCUT2D eigenvalue weighted by molar-refractivity contribution is -0.142. The van der Waals surface area contributed by atoms with Gasteiger partial charge >= 0.3 is 5.97 Å². The van der Waals surface area contributed by atoms with Crippen molar-refractivity contribution in [1.82, 2.24) is 0 Å². The van der Waals surface area contributed by atoms with Crippen LogP contribution in [0.2, 0.25) is 0 Å². The SMILES string of the molecule is CN(C)c1ccccc1-c1ccccc1C(C)(C)C(=O)O. The summed E-state index contributed by atoms with van der Waals surface area (Å²) >= 11 is 0. The van der Waals surface area contributed by atoms with Crippen molar-refractivity contribution in [2.75, 3.05) is 19.0 Å². The largest absolute Gasteiger partial charge is 0.481 e. The molecule has 0 spiro atoms. The molecule has 0 aliphatic carbocycles. The summed E-state index contributed by atoms with van der Waals surface area (Å²) in [5.74, 6) is -0.822. The number of nitrogens with zero attached hydrogens (tertiary/aromatic N) is 1. The van der Waals surface area contributed by atoms with Crippen LogP contribution in [-0.2, 0) is 10.2 Å². The minimum absolute atomic E-state index is 0.822. The highest BCUT2D eigenvalue weighted by atomic mass is 16.4. The lowest BCUT2D eigenvalue weighted by Gasteiger charge is -2.25. The molecule has 0 aliphatic heterocycles. The van der Waals surface area contributed by atoms with Crippen molar-refractivity contribution >= 4 is 11.7 Å². The number of carboxylic acids is 1. The van der Waals surface area contributed by atoms with Gasteiger partial charge in [0.2, 0.25) is 0 Å². The summed E-state index contributed by atoms with van der Waals surface area (Å²) in [5.41, 5.74) is 2.98. The van der Waals surface area contributed by atoms with Crippen molar-refractivity contribution in [1.29, 1.82) is 0 Å². The van der Waals surface area contributed by atoms with E-state index in [0.717, 1.165) is 22.4 Å². The molecule has 0 saturated carbocycles. The van der Waals surface area contributed by atoms with Gasteiger partial charge in [-0.2, -0.15) is 0 Å². The number of aliphatic carboxylic acids is 1. The summed E-state index contributed by atoms with van der Waals surface area (Å²) in [6.07, 6.45) is 0. The molecule has 21 heavy (non-hydrogen) atoms. The van der Waals surface area contributed by atoms with Crippen LogP contribution >= 0.6 is 0 Å². The summed E-state index contributed by atoms with van der Waals surface area (Å²) in [5, 5.41) is 9.53. The molecule has 1 N–H and O–H groups in total. The first kappa shape index (κ1) is 15.1. The Morgan fingerprint density at radius 2 is 1.48 bits per heavy atom. The Bertz CT molecular complexity index is 660. The van der Waals surface area contributed by atoms with E-state index in [4.69, 9.17) is 0 Å². The number of hydrogen-bond acceptors (Lipinski definition) is 2. The average Bonchev–Trinajstić information content (AvgIpc) is 2.47. The zero-order valence-electron chi connectivity index (χ0n) is 12.9. The number of hydrogen-bond donors (Lipinski definition) is 1. The second-order valence-electron chi connectivity index (χ2n) is 5.89. The molecule has 0 heterocycles. The Balaban J connectivity index is 2.70. The first-order chi connectivity index (χ1) is 9.85. The van der Waals surface area contributed by atoms with Gasteiger partial charge in [0, 0.05) is 25.3 Å². The van der Waals surface area contributed by atoms with Gasteiger partial charge in [0.15, 0.2) is 0 Å². The molecule has 2 aromatic rings. The molecule has 0 bridgehead atoms. The maximum Gasteiger partial charge on any atom is 0.313 e. The fourth-order valence-corrected chi connectivity index (χ4v) is 2.47. The standard InChI is InChI=1S/C18H21NO2/c1-18(2,17(20)21)15-11-7-5-9-13(15)14-10-6-8-12-16(14)19(3)4/h5-12H,1-4H3,(H,20,21). The molecule has 0 aromatic heterocycles. The third-order valence-electron chi connectivity index (χ3n) is 3.81. The lowest BCUT2D eigenvalue weighted by atomic mass is 9.80. The molecule has 0 amide bonds. The number of rotatable bonds is 4. The molecule has 0 radical (unpaired) electrons. The number of para-hydroxylation sites is 1. The van der Waals surface area contributed by atoms with Gasteiger partial charge in [-0.05, 0) is 31.0 Å². The van der Waals surface area contributed by atoms with Crippen LogP contribution in [0.5, 0.6) is 0 Å². The summed E-state index contributed by atoms with van der Waals surface area (Å²) < 4.78 is 0. The average molecular weight is 283 g/mol. The van der Waals surface area contributed by atoms with Crippen molar-refractivity contribution in [2.45, 2.75) is 19.3 Å². The second kappa shape index (κ2) is 5.60. The van der Waals surface area contributed by atoms with E-state index in [-0.39, 0.29) is 0 Å². The van der Waals surface area contributed by atoms with Crippen molar-refractivity contribution < 1.29 is 9.90 Å². The van der Waals surface area contributed by atoms with Gasteiger partial charge in [0.1, 0.15) is 0 Å². The lowest BCUT2D eigenvalue weighted by Crippen LogP contribution is -2.29. The van der Waals surface area contributed by atoms with Crippen LogP contribution in [-0.4, -0.2) is 25.2 Å². The van der Waals surface area contributed by atoms with E-state index in [1.807, 2.05) is 67.5 Å². The molecule has 0 fully saturated rings. The Labute approximate surface area is 125 Å². The van der Waals surface area contributed by atoms with Crippen LogP contribution in [0, 0.1) is 0 Å². The molecule has 2 aromatic carbocycles. The van der Waals surface area contributed by atoms with Gasteiger partial charge in [-0.25, -0.2) is 0 Å². The minimum Gasteiger partial charge on any atom is -0.481 e. The normalized spacial score (nSPS) is 11.2. The molecule has 3 nitrogen and oxygen atoms in total. The molecule has 0 aliphatic rings. The molecule has 0 saturated heterocycles. The van der Waals surface area contributed by atoms with E-state index in [9.17, 15) is 9.90 Å². The van der Waals surface area contributed by atoms with E-state index in [1.54, 1.807) is 13.8 Å². The molecule has 3 heteroatoms. The van der Waals surface area contributed by atoms with Crippen LogP contribution in [0.15, 0.2) is 48.5 Å². The van der Waals surface area contributed by atoms with Crippen LogP contribution in [0.1, 0.15) is 19.4 Å². The zero-order valence-corrected chi connectivity index (χ0v) is 12.9. The van der Waals surface area contributed by atoms with E-state index >= 15 is 0 Å². The zero-order chi connectivity index (χ0) is 15.6. The molecule has 2 rings (SSSR count). The van der Waals surface area contributed by atoms with Crippen molar-refractivity contribution in [3.8, 4) is 11.1 Å². The third kappa shape index (κ3) is 2.77. The topological polar surface area (TPSA) is 40.5 Å². The van der Waals surface area contributed by atoms with E-state index in [2.05, 4.69) is 0 Å². The maximum absolute atomic E-state index is 11.6. The fraction of sp³-hybridized carbons (Fsp3) is 0.278. The van der Waals surface area contributed by atoms with E-state index in [1.165, 1.54) is 0 Å². The van der Waals surface area contributed by atoms with Crippen LogP contribution in [0.25, 0.3) is 11.1 Å². The smallest absolute Gasteiger partial charge is 0.313 e. The van der Waals surface area contributed by atoms with E-state index in [0.29, 0.717) is 0 Å². The molecular formula is C18H21NO2. The van der Waals surface area contributed by atoms with Gasteiger partial charge in [-0.15, -0.1) is 0 Å². The van der Waals surface area contributed by atoms with Gasteiger partial charge in [-0.3, -0.25) is 4.79 Å². The molecule has 0 atom stereocenters. The Morgan fingerprint density at radius 1 is 0.952 bits per heavy atom. The highest BCUT2D eigenvalue weighted by Crippen LogP contribution is 2.37. The Morgan fingerprint density at radius 3 is 2.05 bits per heavy atom. The quantitative estimate of drug-likeness (QED) is 0.928. The molecule has 0 unspecified atom stereocenters. The minimum atomic E-state index is -0.935. The van der Waals surface area contributed by atoms with Crippen molar-refractivity contribution in [2.24, 2.45) is 0 Å². The Hall–Kier alpha value is -2.29. The number of carboxylic acid groups (broad SMARTS) is 1. The first-order valence-corrected chi connectivity index (χ1v) is 6.95. The first-order valence-electron chi connectivity index (χ1n) is 6.95. The predicted molar refractivity (Wildman–Crippen MR) is 86.9 cm³/mol. The van der Waals surface area contributed by atoms with Crippen LogP contribution < -0.4 is 4.90 Å². The van der Waals surface area contributed by atoms with Gasteiger partial charge in [0.05, 0.1) is 5.41 Å². The monoisotopic (exact) mass is 283 g/mol. The van der Waals surface area contributed by atoms with Crippen LogP contribution in [0.3, 0.4) is 0 Å². The predicted octanol–water partition coefficient (Wildman–Crippen LogP) is 3.78. The van der Waals surface area contributed by atoms with Gasteiger partial charge < -0.3 is 10.0 Å². The second-order valence-corrected chi connectivity index (χ2v) is 5.89. The van der Waals surface area contributed by atoms with E-state index < -0.39 is 11.4 Å². The summed E-state index contributed by atoms with van der Waals surface area (Å²) in [4.78, 5) is 13.7. The van der Waals surface area contributed by atoms with Crippen molar-refractivity contribution in [3.63, 3.8) is 0 Å². The summed E-state index contributed by atoms with van der Waals surface area (Å²) in [7, 11) is 3.98. The number of benzene rings is 2. The van der Waals surface area contributed by atoms with Gasteiger partial charge in [-0.1, -0.05) is 42.5 Å². The highest BCUT2D eigenvalue weighted by Gasteiger charge is 2.32.